The second kappa shape index (κ2) is 14.2. The van der Waals surface area contributed by atoms with Crippen molar-refractivity contribution in [2.45, 2.75) is 71.1 Å². The Morgan fingerprint density at radius 3 is 1.67 bits per heavy atom. The van der Waals surface area contributed by atoms with E-state index in [1.165, 1.54) is 44.9 Å². The van der Waals surface area contributed by atoms with Gasteiger partial charge in [0.05, 0.1) is 0 Å². The van der Waals surface area contributed by atoms with Crippen molar-refractivity contribution >= 4 is 5.97 Å². The molecule has 0 N–H and O–H groups in total. The summed E-state index contributed by atoms with van der Waals surface area (Å²) in [6.45, 7) is 2.22. The van der Waals surface area contributed by atoms with Crippen molar-refractivity contribution in [1.82, 2.24) is 0 Å². The molecule has 0 radical (unpaired) electrons. The van der Waals surface area contributed by atoms with Crippen LogP contribution in [-0.2, 0) is 26.5 Å². The van der Waals surface area contributed by atoms with Gasteiger partial charge in [0.15, 0.2) is 0 Å². The van der Waals surface area contributed by atoms with E-state index < -0.39 is 5.97 Å². The molecule has 0 aromatic heterocycles. The predicted molar refractivity (Wildman–Crippen MR) is 56.9 cm³/mol. The SMILES string of the molecule is CCCCCCCCCCCC(=O)[O-].[Ti]. The number of unbranched alkanes of at least 4 members (excludes halogenated alkanes) is 8. The van der Waals surface area contributed by atoms with E-state index in [4.69, 9.17) is 0 Å². The van der Waals surface area contributed by atoms with Gasteiger partial charge in [-0.2, -0.15) is 0 Å². The van der Waals surface area contributed by atoms with E-state index in [9.17, 15) is 9.90 Å². The summed E-state index contributed by atoms with van der Waals surface area (Å²) >= 11 is 0. The van der Waals surface area contributed by atoms with E-state index in [-0.39, 0.29) is 28.1 Å². The van der Waals surface area contributed by atoms with Crippen LogP contribution in [0.2, 0.25) is 0 Å². The molecule has 0 aliphatic rings. The van der Waals surface area contributed by atoms with Crippen LogP contribution in [0.3, 0.4) is 0 Å². The fraction of sp³-hybridized carbons (Fsp3) is 0.917. The molecular formula is C12H23O2Ti-. The third kappa shape index (κ3) is 16.8. The molecule has 0 amide bonds. The Balaban J connectivity index is 0. The molecule has 2 nitrogen and oxygen atoms in total. The van der Waals surface area contributed by atoms with Crippen LogP contribution in [-0.4, -0.2) is 5.97 Å². The first kappa shape index (κ1) is 17.6. The first-order valence-corrected chi connectivity index (χ1v) is 5.97. The number of hydrogen-bond donors (Lipinski definition) is 0. The first-order chi connectivity index (χ1) is 6.77. The van der Waals surface area contributed by atoms with Crippen molar-refractivity contribution in [2.24, 2.45) is 0 Å². The number of carbonyl (C=O) groups excluding carboxylic acids is 1. The molecule has 88 valence electrons. The Hall–Kier alpha value is 0.184. The topological polar surface area (TPSA) is 40.1 Å². The normalized spacial score (nSPS) is 9.67. The molecule has 0 aliphatic carbocycles. The van der Waals surface area contributed by atoms with Gasteiger partial charge in [0.2, 0.25) is 0 Å². The van der Waals surface area contributed by atoms with Crippen molar-refractivity contribution in [3.8, 4) is 0 Å². The Morgan fingerprint density at radius 1 is 0.867 bits per heavy atom. The van der Waals surface area contributed by atoms with Gasteiger partial charge in [-0.25, -0.2) is 0 Å². The van der Waals surface area contributed by atoms with Crippen molar-refractivity contribution < 1.29 is 31.6 Å². The number of carbonyl (C=O) groups is 1. The number of carboxylic acid groups (broad SMARTS) is 1. The average molecular weight is 247 g/mol. The summed E-state index contributed by atoms with van der Waals surface area (Å²) in [6, 6.07) is 0. The molecule has 0 aliphatic heterocycles. The van der Waals surface area contributed by atoms with Crippen LogP contribution >= 0.6 is 0 Å². The molecule has 0 rings (SSSR count). The summed E-state index contributed by atoms with van der Waals surface area (Å²) in [5.41, 5.74) is 0. The van der Waals surface area contributed by atoms with E-state index in [2.05, 4.69) is 6.92 Å². The number of rotatable bonds is 10. The summed E-state index contributed by atoms with van der Waals surface area (Å²) in [4.78, 5) is 10.1. The molecule has 0 heterocycles. The summed E-state index contributed by atoms with van der Waals surface area (Å²) in [5, 5.41) is 10.1. The summed E-state index contributed by atoms with van der Waals surface area (Å²) in [7, 11) is 0. The van der Waals surface area contributed by atoms with Crippen molar-refractivity contribution in [3.63, 3.8) is 0 Å². The third-order valence-corrected chi connectivity index (χ3v) is 2.48. The second-order valence-corrected chi connectivity index (χ2v) is 3.95. The minimum absolute atomic E-state index is 0. The first-order valence-electron chi connectivity index (χ1n) is 5.97. The molecule has 0 unspecified atom stereocenters. The number of hydrogen-bond acceptors (Lipinski definition) is 2. The van der Waals surface area contributed by atoms with E-state index >= 15 is 0 Å². The molecular weight excluding hydrogens is 224 g/mol. The zero-order valence-electron chi connectivity index (χ0n) is 9.89. The molecule has 0 aromatic carbocycles. The molecule has 0 bridgehead atoms. The second-order valence-electron chi connectivity index (χ2n) is 3.95. The Kier molecular flexibility index (Phi) is 16.6. The smallest absolute Gasteiger partial charge is 0.0414 e. The van der Waals surface area contributed by atoms with Gasteiger partial charge >= 0.3 is 0 Å². The van der Waals surface area contributed by atoms with Gasteiger partial charge in [0, 0.05) is 27.7 Å². The van der Waals surface area contributed by atoms with E-state index in [0.717, 1.165) is 12.8 Å². The van der Waals surface area contributed by atoms with Gasteiger partial charge < -0.3 is 9.90 Å². The maximum atomic E-state index is 10.1. The predicted octanol–water partition coefficient (Wildman–Crippen LogP) is 2.65. The summed E-state index contributed by atoms with van der Waals surface area (Å²) < 4.78 is 0. The van der Waals surface area contributed by atoms with Crippen LogP contribution in [0.15, 0.2) is 0 Å². The van der Waals surface area contributed by atoms with Crippen molar-refractivity contribution in [1.29, 1.82) is 0 Å². The fourth-order valence-electron chi connectivity index (χ4n) is 1.58. The van der Waals surface area contributed by atoms with E-state index in [1.54, 1.807) is 0 Å². The van der Waals surface area contributed by atoms with Gasteiger partial charge in [-0.1, -0.05) is 58.3 Å². The monoisotopic (exact) mass is 247 g/mol. The van der Waals surface area contributed by atoms with Crippen LogP contribution in [0.4, 0.5) is 0 Å². The minimum Gasteiger partial charge on any atom is -0.550 e. The average Bonchev–Trinajstić information content (AvgIpc) is 2.15. The molecule has 0 spiro atoms. The molecule has 15 heavy (non-hydrogen) atoms. The van der Waals surface area contributed by atoms with Gasteiger partial charge in [0.1, 0.15) is 0 Å². The van der Waals surface area contributed by atoms with Gasteiger partial charge in [-0.3, -0.25) is 0 Å². The Labute approximate surface area is 109 Å². The van der Waals surface area contributed by atoms with Crippen LogP contribution in [0.5, 0.6) is 0 Å². The molecule has 3 heteroatoms. The van der Waals surface area contributed by atoms with Crippen molar-refractivity contribution in [2.75, 3.05) is 0 Å². The summed E-state index contributed by atoms with van der Waals surface area (Å²) in [6.07, 6.45) is 11.2. The van der Waals surface area contributed by atoms with Crippen LogP contribution in [0.1, 0.15) is 71.1 Å². The molecule has 0 atom stereocenters. The fourth-order valence-corrected chi connectivity index (χ4v) is 1.58. The molecule has 0 saturated heterocycles. The standard InChI is InChI=1S/C12H24O2.Ti/c1-2-3-4-5-6-7-8-9-10-11-12(13)14;/h2-11H2,1H3,(H,13,14);/p-1. The van der Waals surface area contributed by atoms with Crippen molar-refractivity contribution in [3.05, 3.63) is 0 Å². The van der Waals surface area contributed by atoms with Gasteiger partial charge in [-0.05, 0) is 12.8 Å². The molecule has 0 fully saturated rings. The number of aliphatic carboxylic acids is 1. The minimum atomic E-state index is -0.909. The number of carboxylic acids is 1. The zero-order chi connectivity index (χ0) is 10.6. The van der Waals surface area contributed by atoms with Crippen LogP contribution in [0, 0.1) is 0 Å². The maximum Gasteiger partial charge on any atom is 0.0414 e. The van der Waals surface area contributed by atoms with E-state index in [0.29, 0.717) is 0 Å². The van der Waals surface area contributed by atoms with E-state index in [1.807, 2.05) is 0 Å². The third-order valence-electron chi connectivity index (χ3n) is 2.48. The summed E-state index contributed by atoms with van der Waals surface area (Å²) in [5.74, 6) is -0.909. The van der Waals surface area contributed by atoms with Gasteiger partial charge in [-0.15, -0.1) is 0 Å². The quantitative estimate of drug-likeness (QED) is 0.440. The Bertz CT molecular complexity index is 138. The largest absolute Gasteiger partial charge is 0.550 e. The van der Waals surface area contributed by atoms with Gasteiger partial charge in [0.25, 0.3) is 0 Å². The Morgan fingerprint density at radius 2 is 1.27 bits per heavy atom. The van der Waals surface area contributed by atoms with Crippen LogP contribution in [0.25, 0.3) is 0 Å². The van der Waals surface area contributed by atoms with Crippen LogP contribution < -0.4 is 5.11 Å². The molecule has 0 aromatic rings. The zero-order valence-corrected chi connectivity index (χ0v) is 11.4. The maximum absolute atomic E-state index is 10.1. The molecule has 0 saturated carbocycles.